The van der Waals surface area contributed by atoms with E-state index in [1.165, 1.54) is 11.3 Å². The highest BCUT2D eigenvalue weighted by Gasteiger charge is 2.23. The molecule has 0 atom stereocenters. The molecule has 1 N–H and O–H groups in total. The summed E-state index contributed by atoms with van der Waals surface area (Å²) in [6.45, 7) is 9.50. The van der Waals surface area contributed by atoms with Gasteiger partial charge in [-0.2, -0.15) is 5.26 Å². The molecule has 1 amide bonds. The average Bonchev–Trinajstić information content (AvgIpc) is 3.20. The number of anilines is 1. The number of esters is 1. The first-order valence-electron chi connectivity index (χ1n) is 10.1. The first kappa shape index (κ1) is 23.0. The fourth-order valence-electron chi connectivity index (χ4n) is 3.46. The van der Waals surface area contributed by atoms with Gasteiger partial charge in [-0.25, -0.2) is 4.79 Å². The predicted molar refractivity (Wildman–Crippen MR) is 125 cm³/mol. The highest BCUT2D eigenvalue weighted by Crippen LogP contribution is 2.33. The zero-order chi connectivity index (χ0) is 23.4. The Kier molecular flexibility index (Phi) is 6.91. The third-order valence-corrected chi connectivity index (χ3v) is 6.25. The SMILES string of the molecule is CCOC(=O)c1c(NC(=O)C(C#N)=Cc2cc(C)n(-c3cccnc3)c2C)sc(C)c1C. The quantitative estimate of drug-likeness (QED) is 0.329. The van der Waals surface area contributed by atoms with E-state index in [0.29, 0.717) is 10.6 Å². The minimum absolute atomic E-state index is 0.0602. The number of carbonyl (C=O) groups excluding carboxylic acids is 2. The van der Waals surface area contributed by atoms with Crippen molar-refractivity contribution in [1.82, 2.24) is 9.55 Å². The summed E-state index contributed by atoms with van der Waals surface area (Å²) in [5, 5.41) is 12.8. The highest BCUT2D eigenvalue weighted by molar-refractivity contribution is 7.16. The highest BCUT2D eigenvalue weighted by atomic mass is 32.1. The lowest BCUT2D eigenvalue weighted by Crippen LogP contribution is -2.16. The van der Waals surface area contributed by atoms with Crippen molar-refractivity contribution in [2.24, 2.45) is 0 Å². The number of nitriles is 1. The van der Waals surface area contributed by atoms with Crippen molar-refractivity contribution < 1.29 is 14.3 Å². The van der Waals surface area contributed by atoms with Crippen molar-refractivity contribution in [3.05, 3.63) is 69.1 Å². The Morgan fingerprint density at radius 2 is 2.06 bits per heavy atom. The summed E-state index contributed by atoms with van der Waals surface area (Å²) in [4.78, 5) is 30.3. The third kappa shape index (κ3) is 4.48. The van der Waals surface area contributed by atoms with Crippen LogP contribution in [0.3, 0.4) is 0 Å². The van der Waals surface area contributed by atoms with Crippen molar-refractivity contribution in [3.8, 4) is 11.8 Å². The molecule has 0 aliphatic rings. The molecule has 0 saturated heterocycles. The van der Waals surface area contributed by atoms with Crippen LogP contribution >= 0.6 is 11.3 Å². The molecule has 0 aliphatic carbocycles. The molecule has 32 heavy (non-hydrogen) atoms. The number of thiophene rings is 1. The van der Waals surface area contributed by atoms with Crippen molar-refractivity contribution in [2.45, 2.75) is 34.6 Å². The van der Waals surface area contributed by atoms with Crippen LogP contribution in [0, 0.1) is 39.0 Å². The second-order valence-electron chi connectivity index (χ2n) is 7.20. The van der Waals surface area contributed by atoms with E-state index >= 15 is 0 Å². The van der Waals surface area contributed by atoms with Gasteiger partial charge in [-0.3, -0.25) is 9.78 Å². The van der Waals surface area contributed by atoms with E-state index in [4.69, 9.17) is 4.74 Å². The topological polar surface area (TPSA) is 97.0 Å². The van der Waals surface area contributed by atoms with Crippen LogP contribution in [0.4, 0.5) is 5.00 Å². The molecule has 0 aliphatic heterocycles. The maximum absolute atomic E-state index is 12.9. The largest absolute Gasteiger partial charge is 0.462 e. The average molecular weight is 449 g/mol. The fraction of sp³-hybridized carbons (Fsp3) is 0.250. The molecule has 0 spiro atoms. The normalized spacial score (nSPS) is 11.2. The van der Waals surface area contributed by atoms with Crippen molar-refractivity contribution >= 4 is 34.3 Å². The van der Waals surface area contributed by atoms with Crippen molar-refractivity contribution in [1.29, 1.82) is 5.26 Å². The molecule has 3 aromatic rings. The monoisotopic (exact) mass is 448 g/mol. The van der Waals surface area contributed by atoms with E-state index in [1.54, 1.807) is 25.4 Å². The van der Waals surface area contributed by atoms with Gasteiger partial charge in [0.25, 0.3) is 5.91 Å². The van der Waals surface area contributed by atoms with Crippen LogP contribution in [-0.4, -0.2) is 28.0 Å². The van der Waals surface area contributed by atoms with E-state index in [2.05, 4.69) is 10.3 Å². The molecule has 0 unspecified atom stereocenters. The number of aromatic nitrogens is 2. The molecule has 7 nitrogen and oxygen atoms in total. The molecule has 3 aromatic heterocycles. The number of amides is 1. The van der Waals surface area contributed by atoms with Crippen LogP contribution in [0.25, 0.3) is 11.8 Å². The van der Waals surface area contributed by atoms with Crippen LogP contribution < -0.4 is 5.32 Å². The number of ether oxygens (including phenoxy) is 1. The summed E-state index contributed by atoms with van der Waals surface area (Å²) in [6, 6.07) is 7.68. The first-order valence-corrected chi connectivity index (χ1v) is 10.9. The minimum atomic E-state index is -0.578. The van der Waals surface area contributed by atoms with Gasteiger partial charge in [-0.05, 0) is 70.0 Å². The summed E-state index contributed by atoms with van der Waals surface area (Å²) < 4.78 is 7.14. The Morgan fingerprint density at radius 1 is 1.31 bits per heavy atom. The van der Waals surface area contributed by atoms with Crippen LogP contribution in [0.5, 0.6) is 0 Å². The second-order valence-corrected chi connectivity index (χ2v) is 8.43. The molecular weight excluding hydrogens is 424 g/mol. The standard InChI is InChI=1S/C24H24N4O3S/c1-6-31-24(30)21-15(3)17(5)32-23(21)27-22(29)19(12-25)11-18-10-14(2)28(16(18)4)20-8-7-9-26-13-20/h7-11,13H,6H2,1-5H3,(H,27,29). The lowest BCUT2D eigenvalue weighted by Gasteiger charge is -2.09. The molecule has 3 heterocycles. The smallest absolute Gasteiger partial charge is 0.341 e. The first-order chi connectivity index (χ1) is 15.3. The molecular formula is C24H24N4O3S. The van der Waals surface area contributed by atoms with E-state index in [-0.39, 0.29) is 12.2 Å². The maximum atomic E-state index is 12.9. The minimum Gasteiger partial charge on any atom is -0.462 e. The number of pyridine rings is 1. The van der Waals surface area contributed by atoms with Gasteiger partial charge in [0, 0.05) is 22.5 Å². The van der Waals surface area contributed by atoms with Gasteiger partial charge in [0.2, 0.25) is 0 Å². The molecule has 164 valence electrons. The van der Waals surface area contributed by atoms with Crippen LogP contribution in [0.15, 0.2) is 36.2 Å². The lowest BCUT2D eigenvalue weighted by molar-refractivity contribution is -0.112. The zero-order valence-electron chi connectivity index (χ0n) is 18.6. The van der Waals surface area contributed by atoms with Gasteiger partial charge in [-0.1, -0.05) is 0 Å². The van der Waals surface area contributed by atoms with Gasteiger partial charge in [0.05, 0.1) is 24.1 Å². The zero-order valence-corrected chi connectivity index (χ0v) is 19.5. The Balaban J connectivity index is 1.94. The number of nitrogens with zero attached hydrogens (tertiary/aromatic N) is 3. The summed E-state index contributed by atoms with van der Waals surface area (Å²) in [5.41, 5.74) is 4.51. The van der Waals surface area contributed by atoms with Gasteiger partial charge in [0.15, 0.2) is 0 Å². The fourth-order valence-corrected chi connectivity index (χ4v) is 4.50. The van der Waals surface area contributed by atoms with Crippen molar-refractivity contribution in [3.63, 3.8) is 0 Å². The number of rotatable bonds is 6. The van der Waals surface area contributed by atoms with Crippen LogP contribution in [-0.2, 0) is 9.53 Å². The molecule has 0 fully saturated rings. The Bertz CT molecular complexity index is 1250. The molecule has 3 rings (SSSR count). The number of aryl methyl sites for hydroxylation is 2. The number of nitrogens with one attached hydrogen (secondary N) is 1. The third-order valence-electron chi connectivity index (χ3n) is 5.13. The number of carbonyl (C=O) groups is 2. The molecule has 0 aromatic carbocycles. The van der Waals surface area contributed by atoms with Gasteiger partial charge in [0.1, 0.15) is 16.6 Å². The van der Waals surface area contributed by atoms with E-state index in [1.807, 2.05) is 56.5 Å². The number of hydrogen-bond donors (Lipinski definition) is 1. The molecule has 8 heteroatoms. The lowest BCUT2D eigenvalue weighted by atomic mass is 10.1. The molecule has 0 saturated carbocycles. The van der Waals surface area contributed by atoms with E-state index < -0.39 is 11.9 Å². The number of hydrogen-bond acceptors (Lipinski definition) is 6. The second kappa shape index (κ2) is 9.62. The van der Waals surface area contributed by atoms with Crippen LogP contribution in [0.2, 0.25) is 0 Å². The Labute approximate surface area is 191 Å². The van der Waals surface area contributed by atoms with Gasteiger partial charge >= 0.3 is 5.97 Å². The summed E-state index contributed by atoms with van der Waals surface area (Å²) in [6.07, 6.45) is 5.01. The van der Waals surface area contributed by atoms with E-state index in [9.17, 15) is 14.9 Å². The molecule has 0 radical (unpaired) electrons. The maximum Gasteiger partial charge on any atom is 0.341 e. The van der Waals surface area contributed by atoms with Gasteiger partial charge in [-0.15, -0.1) is 11.3 Å². The predicted octanol–water partition coefficient (Wildman–Crippen LogP) is 4.89. The summed E-state index contributed by atoms with van der Waals surface area (Å²) in [7, 11) is 0. The Hall–Kier alpha value is -3.70. The van der Waals surface area contributed by atoms with Gasteiger partial charge < -0.3 is 14.6 Å². The Morgan fingerprint density at radius 3 is 2.69 bits per heavy atom. The summed E-state index contributed by atoms with van der Waals surface area (Å²) in [5.74, 6) is -1.07. The summed E-state index contributed by atoms with van der Waals surface area (Å²) >= 11 is 1.28. The van der Waals surface area contributed by atoms with E-state index in [0.717, 1.165) is 33.1 Å². The van der Waals surface area contributed by atoms with Crippen LogP contribution in [0.1, 0.15) is 44.7 Å². The molecule has 0 bridgehead atoms. The van der Waals surface area contributed by atoms with Crippen molar-refractivity contribution in [2.75, 3.05) is 11.9 Å².